The average molecular weight is 246 g/mol. The van der Waals surface area contributed by atoms with Gasteiger partial charge in [-0.25, -0.2) is 8.42 Å². The first kappa shape index (κ1) is 13.7. The molecule has 1 rings (SSSR count). The van der Waals surface area contributed by atoms with Crippen molar-refractivity contribution >= 4 is 10.0 Å². The van der Waals surface area contributed by atoms with E-state index in [-0.39, 0.29) is 17.8 Å². The first-order valence-electron chi connectivity index (χ1n) is 5.81. The predicted octanol–water partition coefficient (Wildman–Crippen LogP) is 0.965. The van der Waals surface area contributed by atoms with Crippen LogP contribution in [0, 0.1) is 0 Å². The Morgan fingerprint density at radius 3 is 2.69 bits per heavy atom. The van der Waals surface area contributed by atoms with E-state index in [0.717, 1.165) is 19.4 Å². The maximum atomic E-state index is 12.2. The van der Waals surface area contributed by atoms with E-state index in [1.807, 2.05) is 13.8 Å². The van der Waals surface area contributed by atoms with Crippen LogP contribution >= 0.6 is 0 Å². The predicted molar refractivity (Wildman–Crippen MR) is 66.9 cm³/mol. The Kier molecular flexibility index (Phi) is 4.95. The third-order valence-corrected chi connectivity index (χ3v) is 4.93. The highest BCUT2D eigenvalue weighted by molar-refractivity contribution is 7.89. The van der Waals surface area contributed by atoms with Crippen molar-refractivity contribution in [2.45, 2.75) is 38.8 Å². The molecular weight excluding hydrogens is 224 g/mol. The molecule has 1 N–H and O–H groups in total. The summed E-state index contributed by atoms with van der Waals surface area (Å²) in [5.41, 5.74) is 0. The lowest BCUT2D eigenvalue weighted by Gasteiger charge is -2.26. The molecule has 0 bridgehead atoms. The zero-order valence-corrected chi connectivity index (χ0v) is 11.0. The van der Waals surface area contributed by atoms with Crippen LogP contribution in [0.2, 0.25) is 0 Å². The van der Waals surface area contributed by atoms with Crippen LogP contribution in [-0.4, -0.2) is 43.6 Å². The van der Waals surface area contributed by atoms with Gasteiger partial charge in [0.1, 0.15) is 0 Å². The molecule has 0 amide bonds. The van der Waals surface area contributed by atoms with Crippen molar-refractivity contribution < 1.29 is 8.42 Å². The molecule has 1 heterocycles. The molecule has 4 nitrogen and oxygen atoms in total. The molecule has 5 heteroatoms. The van der Waals surface area contributed by atoms with Crippen molar-refractivity contribution in [1.29, 1.82) is 0 Å². The molecule has 0 spiro atoms. The number of nitrogens with zero attached hydrogens (tertiary/aromatic N) is 1. The molecule has 1 atom stereocenters. The summed E-state index contributed by atoms with van der Waals surface area (Å²) in [7, 11) is -3.17. The number of rotatable bonds is 6. The summed E-state index contributed by atoms with van der Waals surface area (Å²) in [6, 6.07) is 0.112. The number of hydrogen-bond donors (Lipinski definition) is 1. The highest BCUT2D eigenvalue weighted by atomic mass is 32.2. The molecule has 1 fully saturated rings. The van der Waals surface area contributed by atoms with E-state index in [1.54, 1.807) is 6.08 Å². The van der Waals surface area contributed by atoms with E-state index in [0.29, 0.717) is 6.54 Å². The Morgan fingerprint density at radius 2 is 2.25 bits per heavy atom. The van der Waals surface area contributed by atoms with Crippen LogP contribution in [0.1, 0.15) is 26.7 Å². The topological polar surface area (TPSA) is 49.4 Å². The van der Waals surface area contributed by atoms with E-state index < -0.39 is 10.0 Å². The van der Waals surface area contributed by atoms with Crippen molar-refractivity contribution in [3.05, 3.63) is 12.7 Å². The molecule has 0 aromatic rings. The SMILES string of the molecule is C=CCN(C(C)C)S(=O)(=O)CC1CCCN1. The zero-order chi connectivity index (χ0) is 12.2. The second kappa shape index (κ2) is 5.80. The first-order valence-corrected chi connectivity index (χ1v) is 7.42. The molecule has 1 aliphatic rings. The lowest BCUT2D eigenvalue weighted by molar-refractivity contribution is 0.380. The van der Waals surface area contributed by atoms with E-state index in [2.05, 4.69) is 11.9 Å². The molecule has 1 aliphatic heterocycles. The van der Waals surface area contributed by atoms with Gasteiger partial charge in [-0.05, 0) is 33.2 Å². The summed E-state index contributed by atoms with van der Waals surface area (Å²) in [5.74, 6) is 0.207. The molecule has 0 aliphatic carbocycles. The van der Waals surface area contributed by atoms with Crippen LogP contribution in [0.3, 0.4) is 0 Å². The minimum absolute atomic E-state index is 0.00981. The summed E-state index contributed by atoms with van der Waals surface area (Å²) < 4.78 is 25.8. The second-order valence-corrected chi connectivity index (χ2v) is 6.49. The fourth-order valence-electron chi connectivity index (χ4n) is 2.02. The smallest absolute Gasteiger partial charge is 0.216 e. The van der Waals surface area contributed by atoms with Gasteiger partial charge in [-0.2, -0.15) is 4.31 Å². The Morgan fingerprint density at radius 1 is 1.56 bits per heavy atom. The Labute approximate surface area is 98.8 Å². The Balaban J connectivity index is 2.68. The van der Waals surface area contributed by atoms with Crippen LogP contribution < -0.4 is 5.32 Å². The van der Waals surface area contributed by atoms with E-state index in [1.165, 1.54) is 4.31 Å². The van der Waals surface area contributed by atoms with Gasteiger partial charge in [0.15, 0.2) is 0 Å². The Bertz CT molecular complexity index is 319. The van der Waals surface area contributed by atoms with Crippen LogP contribution in [0.4, 0.5) is 0 Å². The summed E-state index contributed by atoms with van der Waals surface area (Å²) in [6.07, 6.45) is 3.67. The van der Waals surface area contributed by atoms with Gasteiger partial charge in [0.05, 0.1) is 5.75 Å². The van der Waals surface area contributed by atoms with Gasteiger partial charge in [-0.15, -0.1) is 6.58 Å². The monoisotopic (exact) mass is 246 g/mol. The van der Waals surface area contributed by atoms with Crippen molar-refractivity contribution in [3.8, 4) is 0 Å². The molecule has 0 radical (unpaired) electrons. The van der Waals surface area contributed by atoms with Crippen molar-refractivity contribution in [2.75, 3.05) is 18.8 Å². The second-order valence-electron chi connectivity index (χ2n) is 4.52. The van der Waals surface area contributed by atoms with Crippen LogP contribution in [0.25, 0.3) is 0 Å². The number of hydrogen-bond acceptors (Lipinski definition) is 3. The minimum Gasteiger partial charge on any atom is -0.313 e. The molecule has 94 valence electrons. The normalized spacial score (nSPS) is 21.9. The average Bonchev–Trinajstić information content (AvgIpc) is 2.65. The highest BCUT2D eigenvalue weighted by Crippen LogP contribution is 2.13. The van der Waals surface area contributed by atoms with Gasteiger partial charge in [0.25, 0.3) is 0 Å². The standard InChI is InChI=1S/C11H22N2O2S/c1-4-8-13(10(2)3)16(14,15)9-11-6-5-7-12-11/h4,10-12H,1,5-9H2,2-3H3. The van der Waals surface area contributed by atoms with E-state index in [4.69, 9.17) is 0 Å². The Hall–Kier alpha value is -0.390. The highest BCUT2D eigenvalue weighted by Gasteiger charge is 2.28. The minimum atomic E-state index is -3.17. The maximum absolute atomic E-state index is 12.2. The molecule has 16 heavy (non-hydrogen) atoms. The summed E-state index contributed by atoms with van der Waals surface area (Å²) in [4.78, 5) is 0. The maximum Gasteiger partial charge on any atom is 0.216 e. The van der Waals surface area contributed by atoms with Gasteiger partial charge in [-0.3, -0.25) is 0 Å². The zero-order valence-electron chi connectivity index (χ0n) is 10.1. The molecular formula is C11H22N2O2S. The van der Waals surface area contributed by atoms with Crippen molar-refractivity contribution in [2.24, 2.45) is 0 Å². The van der Waals surface area contributed by atoms with E-state index >= 15 is 0 Å². The lowest BCUT2D eigenvalue weighted by atomic mass is 10.3. The molecule has 0 aromatic heterocycles. The first-order chi connectivity index (χ1) is 7.47. The lowest BCUT2D eigenvalue weighted by Crippen LogP contribution is -2.43. The fourth-order valence-corrected chi connectivity index (χ4v) is 3.98. The van der Waals surface area contributed by atoms with Gasteiger partial charge in [0, 0.05) is 18.6 Å². The van der Waals surface area contributed by atoms with Crippen LogP contribution in [-0.2, 0) is 10.0 Å². The van der Waals surface area contributed by atoms with Gasteiger partial charge < -0.3 is 5.32 Å². The number of sulfonamides is 1. The van der Waals surface area contributed by atoms with Crippen molar-refractivity contribution in [3.63, 3.8) is 0 Å². The summed E-state index contributed by atoms with van der Waals surface area (Å²) >= 11 is 0. The van der Waals surface area contributed by atoms with Gasteiger partial charge in [0.2, 0.25) is 10.0 Å². The van der Waals surface area contributed by atoms with Crippen LogP contribution in [0.5, 0.6) is 0 Å². The quantitative estimate of drug-likeness (QED) is 0.710. The largest absolute Gasteiger partial charge is 0.313 e. The third-order valence-electron chi connectivity index (χ3n) is 2.82. The molecule has 1 unspecified atom stereocenters. The number of nitrogens with one attached hydrogen (secondary N) is 1. The van der Waals surface area contributed by atoms with Crippen molar-refractivity contribution in [1.82, 2.24) is 9.62 Å². The molecule has 1 saturated heterocycles. The van der Waals surface area contributed by atoms with E-state index in [9.17, 15) is 8.42 Å². The van der Waals surface area contributed by atoms with Gasteiger partial charge >= 0.3 is 0 Å². The van der Waals surface area contributed by atoms with Crippen LogP contribution in [0.15, 0.2) is 12.7 Å². The fraction of sp³-hybridized carbons (Fsp3) is 0.818. The molecule has 0 saturated carbocycles. The van der Waals surface area contributed by atoms with Gasteiger partial charge in [-0.1, -0.05) is 6.08 Å². The molecule has 0 aromatic carbocycles. The summed E-state index contributed by atoms with van der Waals surface area (Å²) in [6.45, 7) is 8.72. The summed E-state index contributed by atoms with van der Waals surface area (Å²) in [5, 5.41) is 3.22. The third kappa shape index (κ3) is 3.57.